The first-order valence-electron chi connectivity index (χ1n) is 12.5. The fourth-order valence-electron chi connectivity index (χ4n) is 4.33. The number of esters is 1. The summed E-state index contributed by atoms with van der Waals surface area (Å²) in [5, 5.41) is 8.86. The summed E-state index contributed by atoms with van der Waals surface area (Å²) in [7, 11) is 0. The van der Waals surface area contributed by atoms with E-state index in [-0.39, 0.29) is 19.4 Å². The fraction of sp³-hybridized carbons (Fsp3) is 0.500. The maximum Gasteiger partial charge on any atom is 0.306 e. The van der Waals surface area contributed by atoms with Crippen molar-refractivity contribution in [2.24, 2.45) is 0 Å². The van der Waals surface area contributed by atoms with E-state index in [4.69, 9.17) is 14.6 Å². The molecule has 6 heteroatoms. The predicted octanol–water partition coefficient (Wildman–Crippen LogP) is 4.68. The van der Waals surface area contributed by atoms with E-state index in [1.165, 1.54) is 17.5 Å². The van der Waals surface area contributed by atoms with Gasteiger partial charge in [0.05, 0.1) is 12.8 Å². The van der Waals surface area contributed by atoms with Gasteiger partial charge in [0.2, 0.25) is 0 Å². The molecule has 0 saturated carbocycles. The van der Waals surface area contributed by atoms with Crippen molar-refractivity contribution >= 4 is 11.9 Å². The molecule has 1 aliphatic heterocycles. The van der Waals surface area contributed by atoms with Gasteiger partial charge in [-0.25, -0.2) is 0 Å². The van der Waals surface area contributed by atoms with Crippen LogP contribution in [-0.2, 0) is 33.6 Å². The number of aryl methyl sites for hydroxylation is 3. The smallest absolute Gasteiger partial charge is 0.306 e. The number of carboxylic acid groups (broad SMARTS) is 1. The van der Waals surface area contributed by atoms with Gasteiger partial charge in [-0.1, -0.05) is 55.8 Å². The maximum atomic E-state index is 12.2. The summed E-state index contributed by atoms with van der Waals surface area (Å²) in [5.74, 6) is -0.685. The number of carbonyl (C=O) groups excluding carboxylic acids is 1. The van der Waals surface area contributed by atoms with Crippen molar-refractivity contribution in [3.05, 3.63) is 65.2 Å². The zero-order valence-electron chi connectivity index (χ0n) is 20.2. The summed E-state index contributed by atoms with van der Waals surface area (Å²) in [4.78, 5) is 25.3. The predicted molar refractivity (Wildman–Crippen MR) is 132 cm³/mol. The number of nitrogens with zero attached hydrogens (tertiary/aromatic N) is 1. The Hall–Kier alpha value is -2.86. The van der Waals surface area contributed by atoms with Crippen LogP contribution in [0.15, 0.2) is 48.5 Å². The Morgan fingerprint density at radius 3 is 2.50 bits per heavy atom. The first-order chi connectivity index (χ1) is 16.5. The molecule has 1 unspecified atom stereocenters. The summed E-state index contributed by atoms with van der Waals surface area (Å²) in [6.07, 6.45) is 5.53. The van der Waals surface area contributed by atoms with Gasteiger partial charge in [0.1, 0.15) is 18.5 Å². The Morgan fingerprint density at radius 1 is 0.971 bits per heavy atom. The summed E-state index contributed by atoms with van der Waals surface area (Å²) in [6.45, 7) is 4.98. The zero-order chi connectivity index (χ0) is 24.2. The van der Waals surface area contributed by atoms with Crippen molar-refractivity contribution in [2.75, 3.05) is 26.2 Å². The van der Waals surface area contributed by atoms with Crippen LogP contribution in [0.2, 0.25) is 0 Å². The first-order valence-corrected chi connectivity index (χ1v) is 12.5. The van der Waals surface area contributed by atoms with Gasteiger partial charge in [-0.05, 0) is 68.0 Å². The van der Waals surface area contributed by atoms with E-state index >= 15 is 0 Å². The Bertz CT molecular complexity index is 923. The molecule has 184 valence electrons. The molecule has 0 bridgehead atoms. The lowest BCUT2D eigenvalue weighted by atomic mass is 10.0. The van der Waals surface area contributed by atoms with E-state index in [1.807, 2.05) is 18.2 Å². The molecule has 3 rings (SSSR count). The number of rotatable bonds is 13. The molecule has 0 aromatic heterocycles. The number of aliphatic carboxylic acids is 1. The van der Waals surface area contributed by atoms with Crippen LogP contribution in [0.3, 0.4) is 0 Å². The first kappa shape index (κ1) is 25.8. The van der Waals surface area contributed by atoms with E-state index in [2.05, 4.69) is 42.2 Å². The van der Waals surface area contributed by atoms with Crippen molar-refractivity contribution < 1.29 is 24.2 Å². The van der Waals surface area contributed by atoms with Crippen molar-refractivity contribution in [2.45, 2.75) is 64.4 Å². The molecule has 34 heavy (non-hydrogen) atoms. The van der Waals surface area contributed by atoms with Gasteiger partial charge in [0.25, 0.3) is 0 Å². The molecule has 0 amide bonds. The Morgan fingerprint density at radius 2 is 1.74 bits per heavy atom. The molecule has 1 fully saturated rings. The van der Waals surface area contributed by atoms with E-state index in [0.29, 0.717) is 6.54 Å². The lowest BCUT2D eigenvalue weighted by molar-refractivity contribution is -0.154. The number of carbonyl (C=O) groups is 2. The zero-order valence-corrected chi connectivity index (χ0v) is 20.2. The van der Waals surface area contributed by atoms with Crippen LogP contribution in [-0.4, -0.2) is 54.3 Å². The SMILES string of the molecule is CCc1cccc(CCc2ccccc2OCC(CN2CCCCC2)OC(=O)CCC(=O)O)c1. The van der Waals surface area contributed by atoms with Crippen molar-refractivity contribution in [1.29, 1.82) is 0 Å². The van der Waals surface area contributed by atoms with Crippen LogP contribution < -0.4 is 4.74 Å². The van der Waals surface area contributed by atoms with Gasteiger partial charge in [-0.15, -0.1) is 0 Å². The molecule has 6 nitrogen and oxygen atoms in total. The highest BCUT2D eigenvalue weighted by Gasteiger charge is 2.21. The molecule has 2 aromatic carbocycles. The molecular weight excluding hydrogens is 430 g/mol. The number of para-hydroxylation sites is 1. The normalized spacial score (nSPS) is 15.0. The van der Waals surface area contributed by atoms with Crippen molar-refractivity contribution in [3.63, 3.8) is 0 Å². The Kier molecular flexibility index (Phi) is 10.4. The second kappa shape index (κ2) is 13.8. The number of likely N-dealkylation sites (tertiary alicyclic amines) is 1. The largest absolute Gasteiger partial charge is 0.489 e. The molecule has 0 radical (unpaired) electrons. The fourth-order valence-corrected chi connectivity index (χ4v) is 4.33. The molecule has 1 heterocycles. The monoisotopic (exact) mass is 467 g/mol. The summed E-state index contributed by atoms with van der Waals surface area (Å²) < 4.78 is 11.8. The van der Waals surface area contributed by atoms with Crippen LogP contribution >= 0.6 is 0 Å². The van der Waals surface area contributed by atoms with Crippen LogP contribution in [0.25, 0.3) is 0 Å². The van der Waals surface area contributed by atoms with E-state index in [9.17, 15) is 9.59 Å². The standard InChI is InChI=1S/C28H37NO5/c1-2-22-9-8-10-23(19-22)13-14-24-11-4-5-12-26(24)33-21-25(20-29-17-6-3-7-18-29)34-28(32)16-15-27(30)31/h4-5,8-12,19,25H,2-3,6-7,13-18,20-21H2,1H3,(H,30,31). The molecule has 2 aromatic rings. The van der Waals surface area contributed by atoms with E-state index in [1.54, 1.807) is 0 Å². The van der Waals surface area contributed by atoms with E-state index < -0.39 is 18.0 Å². The number of piperidine rings is 1. The van der Waals surface area contributed by atoms with Crippen LogP contribution in [0.1, 0.15) is 55.7 Å². The van der Waals surface area contributed by atoms with Crippen molar-refractivity contribution in [3.8, 4) is 5.75 Å². The third-order valence-corrected chi connectivity index (χ3v) is 6.23. The number of hydrogen-bond donors (Lipinski definition) is 1. The lowest BCUT2D eigenvalue weighted by Crippen LogP contribution is -2.41. The molecule has 1 saturated heterocycles. The molecule has 1 atom stereocenters. The average Bonchev–Trinajstić information content (AvgIpc) is 2.86. The minimum absolute atomic E-state index is 0.126. The average molecular weight is 468 g/mol. The van der Waals surface area contributed by atoms with Gasteiger partial charge in [-0.2, -0.15) is 0 Å². The minimum atomic E-state index is -1.00. The highest BCUT2D eigenvalue weighted by atomic mass is 16.6. The molecular formula is C28H37NO5. The Balaban J connectivity index is 1.61. The minimum Gasteiger partial charge on any atom is -0.489 e. The quantitative estimate of drug-likeness (QED) is 0.431. The highest BCUT2D eigenvalue weighted by molar-refractivity contribution is 5.76. The highest BCUT2D eigenvalue weighted by Crippen LogP contribution is 2.21. The van der Waals surface area contributed by atoms with E-state index in [0.717, 1.165) is 56.5 Å². The summed E-state index contributed by atoms with van der Waals surface area (Å²) >= 11 is 0. The number of carboxylic acids is 1. The molecule has 1 N–H and O–H groups in total. The topological polar surface area (TPSA) is 76.1 Å². The van der Waals surface area contributed by atoms with Gasteiger partial charge >= 0.3 is 11.9 Å². The van der Waals surface area contributed by atoms with Crippen LogP contribution in [0.4, 0.5) is 0 Å². The number of ether oxygens (including phenoxy) is 2. The van der Waals surface area contributed by atoms with Gasteiger partial charge in [0.15, 0.2) is 0 Å². The second-order valence-electron chi connectivity index (χ2n) is 8.96. The lowest BCUT2D eigenvalue weighted by Gasteiger charge is -2.30. The van der Waals surface area contributed by atoms with Crippen LogP contribution in [0, 0.1) is 0 Å². The summed E-state index contributed by atoms with van der Waals surface area (Å²) in [6, 6.07) is 16.7. The molecule has 1 aliphatic rings. The van der Waals surface area contributed by atoms with Gasteiger partial charge < -0.3 is 14.6 Å². The molecule has 0 spiro atoms. The number of hydrogen-bond acceptors (Lipinski definition) is 5. The number of benzene rings is 2. The summed E-state index contributed by atoms with van der Waals surface area (Å²) in [5.41, 5.74) is 3.77. The Labute approximate surface area is 202 Å². The maximum absolute atomic E-state index is 12.2. The van der Waals surface area contributed by atoms with Crippen molar-refractivity contribution in [1.82, 2.24) is 4.90 Å². The van der Waals surface area contributed by atoms with Gasteiger partial charge in [0, 0.05) is 6.54 Å². The van der Waals surface area contributed by atoms with Gasteiger partial charge in [-0.3, -0.25) is 14.5 Å². The third kappa shape index (κ3) is 8.82. The van der Waals surface area contributed by atoms with Crippen LogP contribution in [0.5, 0.6) is 5.75 Å². The second-order valence-corrected chi connectivity index (χ2v) is 8.96. The third-order valence-electron chi connectivity index (χ3n) is 6.23. The molecule has 0 aliphatic carbocycles.